The first-order valence-electron chi connectivity index (χ1n) is 5.99. The molecule has 0 unspecified atom stereocenters. The van der Waals surface area contributed by atoms with Crippen LogP contribution in [0.5, 0.6) is 0 Å². The molecule has 0 aliphatic rings. The van der Waals surface area contributed by atoms with E-state index in [0.717, 1.165) is 28.6 Å². The predicted octanol–water partition coefficient (Wildman–Crippen LogP) is 2.73. The van der Waals surface area contributed by atoms with E-state index in [1.54, 1.807) is 17.1 Å². The molecule has 0 fully saturated rings. The molecule has 0 atom stereocenters. The van der Waals surface area contributed by atoms with Crippen LogP contribution in [-0.4, -0.2) is 14.8 Å². The Morgan fingerprint density at radius 2 is 2.11 bits per heavy atom. The predicted molar refractivity (Wildman–Crippen MR) is 72.9 cm³/mol. The number of furan rings is 1. The molecule has 0 bridgehead atoms. The number of aryl methyl sites for hydroxylation is 2. The minimum atomic E-state index is 0.606. The van der Waals surface area contributed by atoms with Crippen molar-refractivity contribution >= 4 is 5.69 Å². The van der Waals surface area contributed by atoms with E-state index in [2.05, 4.69) is 10.1 Å². The van der Waals surface area contributed by atoms with Crippen LogP contribution in [0, 0.1) is 13.8 Å². The molecule has 0 amide bonds. The van der Waals surface area contributed by atoms with Crippen molar-refractivity contribution in [1.29, 1.82) is 0 Å². The van der Waals surface area contributed by atoms with Crippen molar-refractivity contribution in [3.8, 4) is 17.1 Å². The van der Waals surface area contributed by atoms with Gasteiger partial charge in [-0.2, -0.15) is 5.10 Å². The summed E-state index contributed by atoms with van der Waals surface area (Å²) in [5.74, 6) is 2.40. The second kappa shape index (κ2) is 4.28. The van der Waals surface area contributed by atoms with E-state index in [0.29, 0.717) is 5.69 Å². The Bertz CT molecular complexity index is 712. The monoisotopic (exact) mass is 254 g/mol. The molecule has 5 nitrogen and oxygen atoms in total. The van der Waals surface area contributed by atoms with Gasteiger partial charge in [-0.3, -0.25) is 0 Å². The number of nitrogens with two attached hydrogens (primary N) is 1. The first-order chi connectivity index (χ1) is 9.15. The Morgan fingerprint density at radius 1 is 1.26 bits per heavy atom. The second-order valence-electron chi connectivity index (χ2n) is 4.39. The number of anilines is 1. The molecule has 19 heavy (non-hydrogen) atoms. The highest BCUT2D eigenvalue weighted by atomic mass is 16.3. The van der Waals surface area contributed by atoms with Gasteiger partial charge in [0.05, 0.1) is 11.9 Å². The Morgan fingerprint density at radius 3 is 2.74 bits per heavy atom. The normalized spacial score (nSPS) is 10.8. The van der Waals surface area contributed by atoms with Gasteiger partial charge in [0.25, 0.3) is 0 Å². The fraction of sp³-hybridized carbons (Fsp3) is 0.143. The van der Waals surface area contributed by atoms with E-state index in [-0.39, 0.29) is 0 Å². The van der Waals surface area contributed by atoms with E-state index in [4.69, 9.17) is 10.2 Å². The molecule has 0 aliphatic heterocycles. The summed E-state index contributed by atoms with van der Waals surface area (Å²) in [7, 11) is 0. The molecule has 5 heteroatoms. The SMILES string of the molecule is Cc1cc(-c2nn(-c3ccccn3)cc2N)c(C)o1. The fourth-order valence-corrected chi connectivity index (χ4v) is 2.07. The number of hydrogen-bond acceptors (Lipinski definition) is 4. The summed E-state index contributed by atoms with van der Waals surface area (Å²) in [6.07, 6.45) is 3.49. The number of nitrogens with zero attached hydrogens (tertiary/aromatic N) is 3. The van der Waals surface area contributed by atoms with Gasteiger partial charge in [0, 0.05) is 11.8 Å². The lowest BCUT2D eigenvalue weighted by Crippen LogP contribution is -1.97. The van der Waals surface area contributed by atoms with Gasteiger partial charge in [-0.05, 0) is 32.0 Å². The minimum absolute atomic E-state index is 0.606. The molecule has 2 N–H and O–H groups in total. The Labute approximate surface area is 110 Å². The topological polar surface area (TPSA) is 69.9 Å². The Kier molecular flexibility index (Phi) is 2.59. The third kappa shape index (κ3) is 1.99. The highest BCUT2D eigenvalue weighted by Crippen LogP contribution is 2.30. The standard InChI is InChI=1S/C14H14N4O/c1-9-7-11(10(2)19-9)14-12(15)8-18(17-14)13-5-3-4-6-16-13/h3-8H,15H2,1-2H3. The summed E-state index contributed by atoms with van der Waals surface area (Å²) >= 11 is 0. The summed E-state index contributed by atoms with van der Waals surface area (Å²) in [5.41, 5.74) is 8.29. The lowest BCUT2D eigenvalue weighted by Gasteiger charge is -1.98. The van der Waals surface area contributed by atoms with Gasteiger partial charge < -0.3 is 10.2 Å². The number of hydrogen-bond donors (Lipinski definition) is 1. The van der Waals surface area contributed by atoms with Crippen LogP contribution in [0.1, 0.15) is 11.5 Å². The first-order valence-corrected chi connectivity index (χ1v) is 5.99. The van der Waals surface area contributed by atoms with Gasteiger partial charge in [0.1, 0.15) is 17.2 Å². The third-order valence-electron chi connectivity index (χ3n) is 2.92. The van der Waals surface area contributed by atoms with Gasteiger partial charge in [-0.1, -0.05) is 6.07 Å². The van der Waals surface area contributed by atoms with Crippen molar-refractivity contribution in [1.82, 2.24) is 14.8 Å². The molecule has 3 aromatic heterocycles. The van der Waals surface area contributed by atoms with Gasteiger partial charge in [-0.15, -0.1) is 0 Å². The summed E-state index contributed by atoms with van der Waals surface area (Å²) in [6.45, 7) is 3.81. The van der Waals surface area contributed by atoms with E-state index in [9.17, 15) is 0 Å². The molecule has 3 aromatic rings. The van der Waals surface area contributed by atoms with Crippen molar-refractivity contribution in [3.05, 3.63) is 48.2 Å². The smallest absolute Gasteiger partial charge is 0.153 e. The molecule has 96 valence electrons. The lowest BCUT2D eigenvalue weighted by molar-refractivity contribution is 0.505. The van der Waals surface area contributed by atoms with E-state index in [1.165, 1.54) is 0 Å². The number of aromatic nitrogens is 3. The molecule has 0 saturated heterocycles. The minimum Gasteiger partial charge on any atom is -0.466 e. The fourth-order valence-electron chi connectivity index (χ4n) is 2.07. The summed E-state index contributed by atoms with van der Waals surface area (Å²) in [4.78, 5) is 4.25. The molecular weight excluding hydrogens is 240 g/mol. The van der Waals surface area contributed by atoms with Crippen LogP contribution in [0.25, 0.3) is 17.1 Å². The van der Waals surface area contributed by atoms with Gasteiger partial charge in [0.15, 0.2) is 5.82 Å². The molecule has 0 spiro atoms. The van der Waals surface area contributed by atoms with Crippen LogP contribution in [0.3, 0.4) is 0 Å². The second-order valence-corrected chi connectivity index (χ2v) is 4.39. The third-order valence-corrected chi connectivity index (χ3v) is 2.92. The molecule has 0 aliphatic carbocycles. The van der Waals surface area contributed by atoms with Crippen molar-refractivity contribution in [2.45, 2.75) is 13.8 Å². The maximum atomic E-state index is 6.04. The average Bonchev–Trinajstić information content (AvgIpc) is 2.93. The number of rotatable bonds is 2. The summed E-state index contributed by atoms with van der Waals surface area (Å²) in [6, 6.07) is 7.59. The zero-order valence-electron chi connectivity index (χ0n) is 10.8. The molecule has 3 rings (SSSR count). The van der Waals surface area contributed by atoms with E-state index < -0.39 is 0 Å². The molecule has 3 heterocycles. The Balaban J connectivity index is 2.10. The van der Waals surface area contributed by atoms with Crippen LogP contribution in [0.4, 0.5) is 5.69 Å². The van der Waals surface area contributed by atoms with Gasteiger partial charge in [-0.25, -0.2) is 9.67 Å². The zero-order valence-corrected chi connectivity index (χ0v) is 10.8. The lowest BCUT2D eigenvalue weighted by atomic mass is 10.1. The van der Waals surface area contributed by atoms with Crippen LogP contribution >= 0.6 is 0 Å². The van der Waals surface area contributed by atoms with Crippen molar-refractivity contribution in [3.63, 3.8) is 0 Å². The Hall–Kier alpha value is -2.56. The quantitative estimate of drug-likeness (QED) is 0.763. The summed E-state index contributed by atoms with van der Waals surface area (Å²) in [5, 5.41) is 4.49. The van der Waals surface area contributed by atoms with Crippen LogP contribution < -0.4 is 5.73 Å². The molecular formula is C14H14N4O. The van der Waals surface area contributed by atoms with Crippen molar-refractivity contribution in [2.75, 3.05) is 5.73 Å². The first kappa shape index (κ1) is 11.5. The zero-order chi connectivity index (χ0) is 13.4. The van der Waals surface area contributed by atoms with Crippen molar-refractivity contribution < 1.29 is 4.42 Å². The van der Waals surface area contributed by atoms with Gasteiger partial charge >= 0.3 is 0 Å². The van der Waals surface area contributed by atoms with Crippen LogP contribution in [0.2, 0.25) is 0 Å². The largest absolute Gasteiger partial charge is 0.466 e. The van der Waals surface area contributed by atoms with E-state index >= 15 is 0 Å². The maximum absolute atomic E-state index is 6.04. The summed E-state index contributed by atoms with van der Waals surface area (Å²) < 4.78 is 7.19. The molecule has 0 saturated carbocycles. The van der Waals surface area contributed by atoms with E-state index in [1.807, 2.05) is 38.1 Å². The average molecular weight is 254 g/mol. The van der Waals surface area contributed by atoms with Gasteiger partial charge in [0.2, 0.25) is 0 Å². The van der Waals surface area contributed by atoms with Crippen LogP contribution in [0.15, 0.2) is 41.1 Å². The highest BCUT2D eigenvalue weighted by Gasteiger charge is 2.15. The maximum Gasteiger partial charge on any atom is 0.153 e. The highest BCUT2D eigenvalue weighted by molar-refractivity contribution is 5.74. The molecule has 0 aromatic carbocycles. The molecule has 0 radical (unpaired) electrons. The number of pyridine rings is 1. The van der Waals surface area contributed by atoms with Crippen LogP contribution in [-0.2, 0) is 0 Å². The van der Waals surface area contributed by atoms with Crippen molar-refractivity contribution in [2.24, 2.45) is 0 Å². The number of nitrogen functional groups attached to an aromatic ring is 1.